The number of hydrogen-bond acceptors (Lipinski definition) is 1. The van der Waals surface area contributed by atoms with E-state index in [4.69, 9.17) is 0 Å². The predicted octanol–water partition coefficient (Wildman–Crippen LogP) is 16.7. The second-order valence-corrected chi connectivity index (χ2v) is 16.1. The zero-order valence-electron chi connectivity index (χ0n) is 34.0. The summed E-state index contributed by atoms with van der Waals surface area (Å²) in [7, 11) is 0. The van der Waals surface area contributed by atoms with Crippen LogP contribution in [0.1, 0.15) is 0 Å². The Kier molecular flexibility index (Phi) is 8.53. The van der Waals surface area contributed by atoms with Gasteiger partial charge in [0.1, 0.15) is 0 Å². The fourth-order valence-electron chi connectivity index (χ4n) is 9.71. The van der Waals surface area contributed by atoms with Crippen molar-refractivity contribution in [2.24, 2.45) is 0 Å². The average molecular weight is 789 g/mol. The molecule has 2 nitrogen and oxygen atoms in total. The van der Waals surface area contributed by atoms with E-state index in [9.17, 15) is 0 Å². The molecule has 11 aromatic carbocycles. The monoisotopic (exact) mass is 788 g/mol. The van der Waals surface area contributed by atoms with Crippen molar-refractivity contribution < 1.29 is 0 Å². The van der Waals surface area contributed by atoms with E-state index in [0.717, 1.165) is 22.7 Å². The van der Waals surface area contributed by atoms with Crippen molar-refractivity contribution in [3.63, 3.8) is 0 Å². The van der Waals surface area contributed by atoms with E-state index in [-0.39, 0.29) is 0 Å². The van der Waals surface area contributed by atoms with Gasteiger partial charge in [0, 0.05) is 33.2 Å². The molecule has 0 amide bonds. The molecule has 0 aliphatic carbocycles. The maximum atomic E-state index is 2.46. The van der Waals surface area contributed by atoms with Crippen molar-refractivity contribution in [2.75, 3.05) is 4.90 Å². The van der Waals surface area contributed by atoms with E-state index in [1.165, 1.54) is 87.5 Å². The third-order valence-electron chi connectivity index (χ3n) is 12.5. The maximum absolute atomic E-state index is 2.46. The second kappa shape index (κ2) is 14.8. The van der Waals surface area contributed by atoms with Crippen molar-refractivity contribution in [3.8, 4) is 39.1 Å². The molecule has 290 valence electrons. The van der Waals surface area contributed by atoms with Gasteiger partial charge in [0.05, 0.1) is 16.7 Å². The lowest BCUT2D eigenvalue weighted by molar-refractivity contribution is 1.18. The number of aromatic nitrogens is 1. The van der Waals surface area contributed by atoms with E-state index in [1.54, 1.807) is 0 Å². The Morgan fingerprint density at radius 2 is 0.839 bits per heavy atom. The summed E-state index contributed by atoms with van der Waals surface area (Å²) in [4.78, 5) is 2.46. The van der Waals surface area contributed by atoms with Gasteiger partial charge in [0.2, 0.25) is 0 Å². The number of benzene rings is 11. The standard InChI is InChI=1S/C60H40N2/c1-3-17-41(18-4-1)43-21-15-22-44(37-43)42-33-35-49(36-34-42)61(57-39-45-19-7-9-27-51(45)53-29-11-12-30-54(53)57)50-26-16-23-47(38-50)59-52-28-10-8-20-46(52)40-58-60(59)55-31-13-14-32-56(55)62(58)48-24-5-2-6-25-48/h1-40H. The third-order valence-corrected chi connectivity index (χ3v) is 12.5. The van der Waals surface area contributed by atoms with Gasteiger partial charge in [-0.1, -0.05) is 182 Å². The lowest BCUT2D eigenvalue weighted by atomic mass is 9.92. The summed E-state index contributed by atoms with van der Waals surface area (Å²) in [6.45, 7) is 0. The molecule has 0 bridgehead atoms. The zero-order chi connectivity index (χ0) is 41.0. The zero-order valence-corrected chi connectivity index (χ0v) is 34.0. The number of para-hydroxylation sites is 2. The SMILES string of the molecule is c1ccc(-c2cccc(-c3ccc(N(c4cccc(-c5c6ccccc6cc6c5c5ccccc5n6-c5ccccc5)c4)c4cc5ccccc5c5ccccc45)cc3)c2)cc1. The summed E-state index contributed by atoms with van der Waals surface area (Å²) in [5.41, 5.74) is 14.1. The number of rotatable bonds is 7. The van der Waals surface area contributed by atoms with Gasteiger partial charge in [0.25, 0.3) is 0 Å². The van der Waals surface area contributed by atoms with Crippen molar-refractivity contribution in [3.05, 3.63) is 243 Å². The molecule has 0 fully saturated rings. The molecule has 0 unspecified atom stereocenters. The van der Waals surface area contributed by atoms with E-state index in [0.29, 0.717) is 0 Å². The fraction of sp³-hybridized carbons (Fsp3) is 0. The first-order valence-electron chi connectivity index (χ1n) is 21.3. The first kappa shape index (κ1) is 35.7. The first-order chi connectivity index (χ1) is 30.8. The van der Waals surface area contributed by atoms with Crippen LogP contribution in [0.3, 0.4) is 0 Å². The first-order valence-corrected chi connectivity index (χ1v) is 21.3. The van der Waals surface area contributed by atoms with Crippen molar-refractivity contribution in [1.82, 2.24) is 4.57 Å². The van der Waals surface area contributed by atoms with E-state index < -0.39 is 0 Å². The van der Waals surface area contributed by atoms with Crippen LogP contribution < -0.4 is 4.90 Å². The van der Waals surface area contributed by atoms with Crippen LogP contribution in [-0.4, -0.2) is 4.57 Å². The molecule has 12 rings (SSSR count). The summed E-state index contributed by atoms with van der Waals surface area (Å²) < 4.78 is 2.43. The smallest absolute Gasteiger partial charge is 0.0553 e. The van der Waals surface area contributed by atoms with Gasteiger partial charge in [-0.15, -0.1) is 0 Å². The fourth-order valence-corrected chi connectivity index (χ4v) is 9.71. The Hall–Kier alpha value is -8.20. The lowest BCUT2D eigenvalue weighted by Crippen LogP contribution is -2.11. The third kappa shape index (κ3) is 5.96. The minimum atomic E-state index is 1.09. The van der Waals surface area contributed by atoms with Gasteiger partial charge in [0.15, 0.2) is 0 Å². The van der Waals surface area contributed by atoms with Crippen LogP contribution in [0.5, 0.6) is 0 Å². The summed E-state index contributed by atoms with van der Waals surface area (Å²) in [6.07, 6.45) is 0. The van der Waals surface area contributed by atoms with E-state index in [1.807, 2.05) is 0 Å². The lowest BCUT2D eigenvalue weighted by Gasteiger charge is -2.28. The van der Waals surface area contributed by atoms with Gasteiger partial charge >= 0.3 is 0 Å². The topological polar surface area (TPSA) is 8.17 Å². The molecule has 0 radical (unpaired) electrons. The molecule has 2 heteroatoms. The molecule has 0 saturated heterocycles. The maximum Gasteiger partial charge on any atom is 0.0553 e. The molecule has 12 aromatic rings. The van der Waals surface area contributed by atoms with E-state index >= 15 is 0 Å². The van der Waals surface area contributed by atoms with Crippen LogP contribution in [0.4, 0.5) is 17.1 Å². The van der Waals surface area contributed by atoms with Crippen molar-refractivity contribution >= 4 is 71.2 Å². The summed E-state index contributed by atoms with van der Waals surface area (Å²) in [5.74, 6) is 0. The Balaban J connectivity index is 1.09. The largest absolute Gasteiger partial charge is 0.310 e. The van der Waals surface area contributed by atoms with Gasteiger partial charge < -0.3 is 9.47 Å². The molecule has 0 aliphatic heterocycles. The van der Waals surface area contributed by atoms with Crippen molar-refractivity contribution in [2.45, 2.75) is 0 Å². The normalized spacial score (nSPS) is 11.5. The van der Waals surface area contributed by atoms with Crippen molar-refractivity contribution in [1.29, 1.82) is 0 Å². The summed E-state index contributed by atoms with van der Waals surface area (Å²) >= 11 is 0. The van der Waals surface area contributed by atoms with Crippen LogP contribution in [0, 0.1) is 0 Å². The van der Waals surface area contributed by atoms with Gasteiger partial charge in [-0.2, -0.15) is 0 Å². The Morgan fingerprint density at radius 3 is 1.60 bits per heavy atom. The molecule has 0 spiro atoms. The number of anilines is 3. The van der Waals surface area contributed by atoms with Gasteiger partial charge in [-0.3, -0.25) is 0 Å². The Bertz CT molecular complexity index is 3620. The number of fused-ring (bicyclic) bond motifs is 7. The van der Waals surface area contributed by atoms with Gasteiger partial charge in [-0.05, 0) is 121 Å². The number of nitrogens with zero attached hydrogens (tertiary/aromatic N) is 2. The predicted molar refractivity (Wildman–Crippen MR) is 264 cm³/mol. The second-order valence-electron chi connectivity index (χ2n) is 16.1. The molecule has 62 heavy (non-hydrogen) atoms. The highest BCUT2D eigenvalue weighted by molar-refractivity contribution is 6.23. The summed E-state index contributed by atoms with van der Waals surface area (Å²) in [5, 5.41) is 9.84. The van der Waals surface area contributed by atoms with Gasteiger partial charge in [-0.25, -0.2) is 0 Å². The van der Waals surface area contributed by atoms with Crippen LogP contribution in [-0.2, 0) is 0 Å². The average Bonchev–Trinajstić information content (AvgIpc) is 3.68. The summed E-state index contributed by atoms with van der Waals surface area (Å²) in [6, 6.07) is 88.5. The van der Waals surface area contributed by atoms with Crippen LogP contribution >= 0.6 is 0 Å². The number of hydrogen-bond donors (Lipinski definition) is 0. The molecule has 1 heterocycles. The highest BCUT2D eigenvalue weighted by Crippen LogP contribution is 2.47. The molecule has 1 aromatic heterocycles. The molecule has 0 saturated carbocycles. The van der Waals surface area contributed by atoms with Crippen LogP contribution in [0.25, 0.3) is 93.2 Å². The Morgan fingerprint density at radius 1 is 0.290 bits per heavy atom. The van der Waals surface area contributed by atoms with E-state index in [2.05, 4.69) is 252 Å². The Labute approximate surface area is 360 Å². The molecule has 0 N–H and O–H groups in total. The molecule has 0 aliphatic rings. The molecule has 0 atom stereocenters. The molecular weight excluding hydrogens is 749 g/mol. The quantitative estimate of drug-likeness (QED) is 0.146. The van der Waals surface area contributed by atoms with Crippen LogP contribution in [0.15, 0.2) is 243 Å². The highest BCUT2D eigenvalue weighted by atomic mass is 15.1. The molecular formula is C60H40N2. The van der Waals surface area contributed by atoms with Crippen LogP contribution in [0.2, 0.25) is 0 Å². The minimum absolute atomic E-state index is 1.09. The minimum Gasteiger partial charge on any atom is -0.310 e. The highest BCUT2D eigenvalue weighted by Gasteiger charge is 2.22.